The second-order valence-corrected chi connectivity index (χ2v) is 4.42. The van der Waals surface area contributed by atoms with Gasteiger partial charge in [-0.3, -0.25) is 9.59 Å². The maximum absolute atomic E-state index is 11.8. The standard InChI is InChI=1S/C12H23N3O2/c1-11(16)14-8-7-13-6-5-12(17)15-9-3-2-4-10-15/h13H,2-10H2,1H3,(H,14,16). The molecule has 5 heteroatoms. The van der Waals surface area contributed by atoms with Crippen LogP contribution in [-0.4, -0.2) is 49.4 Å². The highest BCUT2D eigenvalue weighted by Crippen LogP contribution is 2.09. The van der Waals surface area contributed by atoms with E-state index >= 15 is 0 Å². The Kier molecular flexibility index (Phi) is 6.62. The molecule has 0 spiro atoms. The van der Waals surface area contributed by atoms with Crippen LogP contribution in [0.3, 0.4) is 0 Å². The lowest BCUT2D eigenvalue weighted by Gasteiger charge is -2.26. The Morgan fingerprint density at radius 3 is 2.41 bits per heavy atom. The second-order valence-electron chi connectivity index (χ2n) is 4.42. The molecule has 0 radical (unpaired) electrons. The Bertz CT molecular complexity index is 250. The normalized spacial score (nSPS) is 15.7. The average molecular weight is 241 g/mol. The van der Waals surface area contributed by atoms with Gasteiger partial charge in [0.1, 0.15) is 0 Å². The zero-order valence-corrected chi connectivity index (χ0v) is 10.6. The zero-order chi connectivity index (χ0) is 12.5. The van der Waals surface area contributed by atoms with Crippen LogP contribution < -0.4 is 10.6 Å². The molecule has 98 valence electrons. The van der Waals surface area contributed by atoms with Crippen LogP contribution in [0.15, 0.2) is 0 Å². The van der Waals surface area contributed by atoms with Crippen LogP contribution in [0.2, 0.25) is 0 Å². The van der Waals surface area contributed by atoms with Gasteiger partial charge in [0, 0.05) is 46.1 Å². The Hall–Kier alpha value is -1.10. The molecule has 1 aliphatic heterocycles. The van der Waals surface area contributed by atoms with Gasteiger partial charge < -0.3 is 15.5 Å². The Labute approximate surface area is 103 Å². The average Bonchev–Trinajstić information content (AvgIpc) is 2.34. The number of carbonyl (C=O) groups is 2. The van der Waals surface area contributed by atoms with Gasteiger partial charge in [0.15, 0.2) is 0 Å². The van der Waals surface area contributed by atoms with Crippen molar-refractivity contribution in [3.63, 3.8) is 0 Å². The summed E-state index contributed by atoms with van der Waals surface area (Å²) in [6.45, 7) is 5.37. The third-order valence-corrected chi connectivity index (χ3v) is 2.90. The van der Waals surface area contributed by atoms with E-state index in [1.165, 1.54) is 13.3 Å². The van der Waals surface area contributed by atoms with Gasteiger partial charge in [0.2, 0.25) is 11.8 Å². The number of amides is 2. The lowest BCUT2D eigenvalue weighted by Crippen LogP contribution is -2.38. The number of carbonyl (C=O) groups excluding carboxylic acids is 2. The maximum Gasteiger partial charge on any atom is 0.223 e. The van der Waals surface area contributed by atoms with Crippen LogP contribution in [0, 0.1) is 0 Å². The van der Waals surface area contributed by atoms with Gasteiger partial charge in [0.05, 0.1) is 0 Å². The van der Waals surface area contributed by atoms with Gasteiger partial charge in [-0.1, -0.05) is 0 Å². The topological polar surface area (TPSA) is 61.4 Å². The van der Waals surface area contributed by atoms with Crippen molar-refractivity contribution in [3.05, 3.63) is 0 Å². The lowest BCUT2D eigenvalue weighted by molar-refractivity contribution is -0.132. The Morgan fingerprint density at radius 1 is 1.06 bits per heavy atom. The SMILES string of the molecule is CC(=O)NCCNCCC(=O)N1CCCCC1. The molecule has 2 amide bonds. The minimum atomic E-state index is -0.0174. The molecule has 0 aromatic rings. The van der Waals surface area contributed by atoms with E-state index in [2.05, 4.69) is 10.6 Å². The maximum atomic E-state index is 11.8. The first-order valence-electron chi connectivity index (χ1n) is 6.43. The number of nitrogens with one attached hydrogen (secondary N) is 2. The van der Waals surface area contributed by atoms with Gasteiger partial charge in [0.25, 0.3) is 0 Å². The highest BCUT2D eigenvalue weighted by molar-refractivity contribution is 5.76. The van der Waals surface area contributed by atoms with Crippen molar-refractivity contribution in [2.45, 2.75) is 32.6 Å². The number of hydrogen-bond donors (Lipinski definition) is 2. The fourth-order valence-corrected chi connectivity index (χ4v) is 1.95. The summed E-state index contributed by atoms with van der Waals surface area (Å²) in [5.74, 6) is 0.230. The van der Waals surface area contributed by atoms with Gasteiger partial charge in [-0.2, -0.15) is 0 Å². The minimum Gasteiger partial charge on any atom is -0.355 e. The van der Waals surface area contributed by atoms with E-state index in [9.17, 15) is 9.59 Å². The molecular weight excluding hydrogens is 218 g/mol. The van der Waals surface area contributed by atoms with Crippen LogP contribution >= 0.6 is 0 Å². The largest absolute Gasteiger partial charge is 0.355 e. The Morgan fingerprint density at radius 2 is 1.76 bits per heavy atom. The molecular formula is C12H23N3O2. The monoisotopic (exact) mass is 241 g/mol. The van der Waals surface area contributed by atoms with Crippen LogP contribution in [-0.2, 0) is 9.59 Å². The van der Waals surface area contributed by atoms with E-state index in [0.29, 0.717) is 26.1 Å². The molecule has 0 aromatic carbocycles. The first-order valence-corrected chi connectivity index (χ1v) is 6.43. The predicted molar refractivity (Wildman–Crippen MR) is 66.6 cm³/mol. The number of piperidine rings is 1. The van der Waals surface area contributed by atoms with E-state index in [1.807, 2.05) is 4.90 Å². The summed E-state index contributed by atoms with van der Waals surface area (Å²) in [6.07, 6.45) is 4.09. The molecule has 1 rings (SSSR count). The summed E-state index contributed by atoms with van der Waals surface area (Å²) in [4.78, 5) is 24.3. The molecule has 5 nitrogen and oxygen atoms in total. The van der Waals surface area contributed by atoms with Gasteiger partial charge in [-0.25, -0.2) is 0 Å². The van der Waals surface area contributed by atoms with E-state index in [-0.39, 0.29) is 11.8 Å². The summed E-state index contributed by atoms with van der Waals surface area (Å²) in [7, 11) is 0. The summed E-state index contributed by atoms with van der Waals surface area (Å²) in [5, 5.41) is 5.85. The predicted octanol–water partition coefficient (Wildman–Crippen LogP) is 0.115. The molecule has 0 atom stereocenters. The van der Waals surface area contributed by atoms with Crippen molar-refractivity contribution in [1.82, 2.24) is 15.5 Å². The number of likely N-dealkylation sites (tertiary alicyclic amines) is 1. The first kappa shape index (κ1) is 14.0. The summed E-state index contributed by atoms with van der Waals surface area (Å²) < 4.78 is 0. The highest BCUT2D eigenvalue weighted by atomic mass is 16.2. The van der Waals surface area contributed by atoms with Crippen LogP contribution in [0.25, 0.3) is 0 Å². The fraction of sp³-hybridized carbons (Fsp3) is 0.833. The first-order chi connectivity index (χ1) is 8.20. The molecule has 0 aromatic heterocycles. The smallest absolute Gasteiger partial charge is 0.223 e. The van der Waals surface area contributed by atoms with Crippen molar-refractivity contribution < 1.29 is 9.59 Å². The zero-order valence-electron chi connectivity index (χ0n) is 10.6. The van der Waals surface area contributed by atoms with E-state index in [4.69, 9.17) is 0 Å². The molecule has 17 heavy (non-hydrogen) atoms. The van der Waals surface area contributed by atoms with Crippen LogP contribution in [0.1, 0.15) is 32.6 Å². The lowest BCUT2D eigenvalue weighted by atomic mass is 10.1. The van der Waals surface area contributed by atoms with Gasteiger partial charge >= 0.3 is 0 Å². The molecule has 0 unspecified atom stereocenters. The number of nitrogens with zero attached hydrogens (tertiary/aromatic N) is 1. The van der Waals surface area contributed by atoms with E-state index in [1.54, 1.807) is 0 Å². The number of rotatable bonds is 6. The molecule has 2 N–H and O–H groups in total. The fourth-order valence-electron chi connectivity index (χ4n) is 1.95. The minimum absolute atomic E-state index is 0.0174. The van der Waals surface area contributed by atoms with Crippen LogP contribution in [0.5, 0.6) is 0 Å². The van der Waals surface area contributed by atoms with Gasteiger partial charge in [-0.05, 0) is 19.3 Å². The second kappa shape index (κ2) is 8.06. The molecule has 0 aliphatic carbocycles. The van der Waals surface area contributed by atoms with Crippen molar-refractivity contribution in [3.8, 4) is 0 Å². The van der Waals surface area contributed by atoms with Crippen molar-refractivity contribution >= 4 is 11.8 Å². The number of hydrogen-bond acceptors (Lipinski definition) is 3. The van der Waals surface area contributed by atoms with Crippen molar-refractivity contribution in [2.75, 3.05) is 32.7 Å². The quantitative estimate of drug-likeness (QED) is 0.649. The third-order valence-electron chi connectivity index (χ3n) is 2.90. The van der Waals surface area contributed by atoms with E-state index < -0.39 is 0 Å². The molecule has 1 heterocycles. The molecule has 1 aliphatic rings. The molecule has 0 bridgehead atoms. The molecule has 1 fully saturated rings. The molecule has 1 saturated heterocycles. The molecule has 0 saturated carbocycles. The Balaban J connectivity index is 1.98. The van der Waals surface area contributed by atoms with Gasteiger partial charge in [-0.15, -0.1) is 0 Å². The summed E-state index contributed by atoms with van der Waals surface area (Å²) in [6, 6.07) is 0. The van der Waals surface area contributed by atoms with Crippen molar-refractivity contribution in [1.29, 1.82) is 0 Å². The van der Waals surface area contributed by atoms with Crippen molar-refractivity contribution in [2.24, 2.45) is 0 Å². The third kappa shape index (κ3) is 6.26. The highest BCUT2D eigenvalue weighted by Gasteiger charge is 2.15. The summed E-state index contributed by atoms with van der Waals surface area (Å²) >= 11 is 0. The summed E-state index contributed by atoms with van der Waals surface area (Å²) in [5.41, 5.74) is 0. The van der Waals surface area contributed by atoms with E-state index in [0.717, 1.165) is 25.9 Å². The van der Waals surface area contributed by atoms with Crippen LogP contribution in [0.4, 0.5) is 0 Å².